The summed E-state index contributed by atoms with van der Waals surface area (Å²) in [5.74, 6) is 0. The Balaban J connectivity index is 1.84. The van der Waals surface area contributed by atoms with E-state index in [1.165, 1.54) is 6.42 Å². The van der Waals surface area contributed by atoms with E-state index in [4.69, 9.17) is 0 Å². The van der Waals surface area contributed by atoms with Crippen molar-refractivity contribution in [3.05, 3.63) is 24.3 Å². The first-order valence-electron chi connectivity index (χ1n) is 7.66. The summed E-state index contributed by atoms with van der Waals surface area (Å²) < 4.78 is 0. The molecule has 5 nitrogen and oxygen atoms in total. The molecule has 0 spiro atoms. The molecule has 1 aromatic carbocycles. The molecule has 1 N–H and O–H groups in total. The summed E-state index contributed by atoms with van der Waals surface area (Å²) in [5.41, 5.74) is 1.97. The van der Waals surface area contributed by atoms with Gasteiger partial charge in [-0.15, -0.1) is 0 Å². The predicted molar refractivity (Wildman–Crippen MR) is 88.1 cm³/mol. The Labute approximate surface area is 127 Å². The number of nitrogens with zero attached hydrogens (tertiary/aromatic N) is 3. The van der Waals surface area contributed by atoms with E-state index in [1.54, 1.807) is 0 Å². The van der Waals surface area contributed by atoms with E-state index in [1.807, 2.05) is 48.2 Å². The number of amides is 2. The van der Waals surface area contributed by atoms with Crippen LogP contribution in [-0.4, -0.2) is 62.7 Å². The van der Waals surface area contributed by atoms with Crippen LogP contribution in [0.3, 0.4) is 0 Å². The van der Waals surface area contributed by atoms with E-state index in [-0.39, 0.29) is 6.03 Å². The van der Waals surface area contributed by atoms with Crippen molar-refractivity contribution in [2.45, 2.75) is 13.3 Å². The fourth-order valence-electron chi connectivity index (χ4n) is 2.54. The number of benzene rings is 1. The Bertz CT molecular complexity index is 450. The van der Waals surface area contributed by atoms with E-state index in [0.717, 1.165) is 44.1 Å². The summed E-state index contributed by atoms with van der Waals surface area (Å²) in [5, 5.41) is 2.97. The number of carbonyl (C=O) groups is 1. The first kappa shape index (κ1) is 15.6. The predicted octanol–water partition coefficient (Wildman–Crippen LogP) is 2.31. The highest BCUT2D eigenvalue weighted by Gasteiger charge is 2.20. The third-order valence-electron chi connectivity index (χ3n) is 3.83. The molecule has 1 saturated heterocycles. The van der Waals surface area contributed by atoms with Crippen LogP contribution in [-0.2, 0) is 0 Å². The van der Waals surface area contributed by atoms with Crippen LogP contribution in [0.4, 0.5) is 16.2 Å². The topological polar surface area (TPSA) is 38.8 Å². The molecule has 116 valence electrons. The fourth-order valence-corrected chi connectivity index (χ4v) is 2.54. The second-order valence-corrected chi connectivity index (χ2v) is 5.70. The highest BCUT2D eigenvalue weighted by molar-refractivity contribution is 5.89. The van der Waals surface area contributed by atoms with Crippen molar-refractivity contribution in [2.75, 3.05) is 57.0 Å². The van der Waals surface area contributed by atoms with Crippen LogP contribution in [0, 0.1) is 0 Å². The lowest BCUT2D eigenvalue weighted by Gasteiger charge is -2.34. The lowest BCUT2D eigenvalue weighted by atomic mass is 10.2. The quantitative estimate of drug-likeness (QED) is 0.925. The highest BCUT2D eigenvalue weighted by Crippen LogP contribution is 2.16. The fraction of sp³-hybridized carbons (Fsp3) is 0.562. The van der Waals surface area contributed by atoms with Gasteiger partial charge in [-0.3, -0.25) is 4.90 Å². The number of hydrogen-bond donors (Lipinski definition) is 1. The lowest BCUT2D eigenvalue weighted by molar-refractivity contribution is 0.147. The molecule has 21 heavy (non-hydrogen) atoms. The Morgan fingerprint density at radius 1 is 1.14 bits per heavy atom. The van der Waals surface area contributed by atoms with Gasteiger partial charge >= 0.3 is 6.03 Å². The number of rotatable bonds is 4. The van der Waals surface area contributed by atoms with Crippen LogP contribution in [0.1, 0.15) is 13.3 Å². The Hall–Kier alpha value is -1.75. The maximum Gasteiger partial charge on any atom is 0.321 e. The largest absolute Gasteiger partial charge is 0.378 e. The molecule has 5 heteroatoms. The van der Waals surface area contributed by atoms with Crippen LogP contribution >= 0.6 is 0 Å². The molecule has 0 aliphatic carbocycles. The molecule has 0 atom stereocenters. The third-order valence-corrected chi connectivity index (χ3v) is 3.83. The van der Waals surface area contributed by atoms with E-state index >= 15 is 0 Å². The van der Waals surface area contributed by atoms with Gasteiger partial charge in [-0.1, -0.05) is 6.92 Å². The number of carbonyl (C=O) groups excluding carboxylic acids is 1. The second-order valence-electron chi connectivity index (χ2n) is 5.70. The van der Waals surface area contributed by atoms with Gasteiger partial charge in [-0.2, -0.15) is 0 Å². The van der Waals surface area contributed by atoms with Gasteiger partial charge in [0.05, 0.1) is 0 Å². The van der Waals surface area contributed by atoms with Gasteiger partial charge in [0.1, 0.15) is 0 Å². The smallest absolute Gasteiger partial charge is 0.321 e. The highest BCUT2D eigenvalue weighted by atomic mass is 16.2. The van der Waals surface area contributed by atoms with Gasteiger partial charge in [0.15, 0.2) is 0 Å². The molecule has 1 aliphatic rings. The van der Waals surface area contributed by atoms with Gasteiger partial charge in [-0.25, -0.2) is 4.79 Å². The number of anilines is 2. The molecule has 1 heterocycles. The Kier molecular flexibility index (Phi) is 5.44. The zero-order valence-electron chi connectivity index (χ0n) is 13.3. The zero-order chi connectivity index (χ0) is 15.2. The first-order valence-corrected chi connectivity index (χ1v) is 7.66. The van der Waals surface area contributed by atoms with Crippen LogP contribution in [0.25, 0.3) is 0 Å². The van der Waals surface area contributed by atoms with Gasteiger partial charge in [-0.05, 0) is 37.2 Å². The Morgan fingerprint density at radius 2 is 1.76 bits per heavy atom. The molecule has 0 bridgehead atoms. The second kappa shape index (κ2) is 7.31. The SMILES string of the molecule is CCCN1CCN(C(=O)Nc2ccc(N(C)C)cc2)CC1. The third kappa shape index (κ3) is 4.36. The normalized spacial score (nSPS) is 15.9. The van der Waals surface area contributed by atoms with Crippen LogP contribution in [0.5, 0.6) is 0 Å². The van der Waals surface area contributed by atoms with Crippen molar-refractivity contribution >= 4 is 17.4 Å². The summed E-state index contributed by atoms with van der Waals surface area (Å²) in [4.78, 5) is 18.6. The molecule has 2 rings (SSSR count). The van der Waals surface area contributed by atoms with Crippen LogP contribution in [0.15, 0.2) is 24.3 Å². The van der Waals surface area contributed by atoms with E-state index in [9.17, 15) is 4.79 Å². The van der Waals surface area contributed by atoms with Crippen molar-refractivity contribution in [3.63, 3.8) is 0 Å². The van der Waals surface area contributed by atoms with Crippen LogP contribution < -0.4 is 10.2 Å². The minimum absolute atomic E-state index is 0.00347. The van der Waals surface area contributed by atoms with Crippen molar-refractivity contribution in [3.8, 4) is 0 Å². The van der Waals surface area contributed by atoms with E-state index < -0.39 is 0 Å². The molecule has 0 radical (unpaired) electrons. The number of hydrogen-bond acceptors (Lipinski definition) is 3. The molecule has 2 amide bonds. The molecule has 0 aromatic heterocycles. The summed E-state index contributed by atoms with van der Waals surface area (Å²) in [7, 11) is 4.01. The first-order chi connectivity index (χ1) is 10.1. The number of piperazine rings is 1. The standard InChI is InChI=1S/C16H26N4O/c1-4-9-19-10-12-20(13-11-19)16(21)17-14-5-7-15(8-6-14)18(2)3/h5-8H,4,9-13H2,1-3H3,(H,17,21). The molecular formula is C16H26N4O. The summed E-state index contributed by atoms with van der Waals surface area (Å²) in [6.45, 7) is 6.88. The maximum absolute atomic E-state index is 12.2. The lowest BCUT2D eigenvalue weighted by Crippen LogP contribution is -2.50. The monoisotopic (exact) mass is 290 g/mol. The van der Waals surface area contributed by atoms with E-state index in [2.05, 4.69) is 17.1 Å². The van der Waals surface area contributed by atoms with Crippen molar-refractivity contribution in [1.29, 1.82) is 0 Å². The van der Waals surface area contributed by atoms with Crippen molar-refractivity contribution in [1.82, 2.24) is 9.80 Å². The maximum atomic E-state index is 12.2. The van der Waals surface area contributed by atoms with Gasteiger partial charge in [0, 0.05) is 51.6 Å². The van der Waals surface area contributed by atoms with E-state index in [0.29, 0.717) is 0 Å². The molecule has 1 aliphatic heterocycles. The minimum atomic E-state index is 0.00347. The number of nitrogens with one attached hydrogen (secondary N) is 1. The molecule has 0 unspecified atom stereocenters. The molecule has 1 aromatic rings. The van der Waals surface area contributed by atoms with Crippen LogP contribution in [0.2, 0.25) is 0 Å². The van der Waals surface area contributed by atoms with Crippen molar-refractivity contribution in [2.24, 2.45) is 0 Å². The average Bonchev–Trinajstić information content (AvgIpc) is 2.49. The zero-order valence-corrected chi connectivity index (χ0v) is 13.3. The number of urea groups is 1. The van der Waals surface area contributed by atoms with Gasteiger partial charge < -0.3 is 15.1 Å². The summed E-state index contributed by atoms with van der Waals surface area (Å²) in [6.07, 6.45) is 1.17. The minimum Gasteiger partial charge on any atom is -0.378 e. The van der Waals surface area contributed by atoms with Gasteiger partial charge in [0.2, 0.25) is 0 Å². The summed E-state index contributed by atoms with van der Waals surface area (Å²) in [6, 6.07) is 7.91. The Morgan fingerprint density at radius 3 is 2.29 bits per heavy atom. The summed E-state index contributed by atoms with van der Waals surface area (Å²) >= 11 is 0. The molecule has 0 saturated carbocycles. The molecular weight excluding hydrogens is 264 g/mol. The average molecular weight is 290 g/mol. The van der Waals surface area contributed by atoms with Crippen molar-refractivity contribution < 1.29 is 4.79 Å². The van der Waals surface area contributed by atoms with Gasteiger partial charge in [0.25, 0.3) is 0 Å². The molecule has 1 fully saturated rings.